The second kappa shape index (κ2) is 13.0. The molecule has 2 heterocycles. The van der Waals surface area contributed by atoms with Crippen LogP contribution in [0.5, 0.6) is 0 Å². The number of carbonyl (C=O) groups is 3. The molecule has 0 aliphatic carbocycles. The van der Waals surface area contributed by atoms with Crippen molar-refractivity contribution in [3.05, 3.63) is 68.6 Å². The molecule has 2 aromatic heterocycles. The van der Waals surface area contributed by atoms with Gasteiger partial charge in [0, 0.05) is 35.8 Å². The minimum atomic E-state index is -0.817. The van der Waals surface area contributed by atoms with Gasteiger partial charge in [0.05, 0.1) is 23.3 Å². The standard InChI is InChI=1S/C24H28N4O4S2/c1-17(2)11-28(12-21-10-25-15-34-21)23(30)22(9-20-14-33-16-26-20)27-24(31)32-13-19-5-3-4-18(8-19)6-7-29/h3-5,7-8,10,14-17,22H,6,9,11-13H2,1-2H3,(H,27,31)/t22-/m0/s1. The van der Waals surface area contributed by atoms with Crippen molar-refractivity contribution in [2.24, 2.45) is 5.92 Å². The number of thiazole rings is 2. The summed E-state index contributed by atoms with van der Waals surface area (Å²) < 4.78 is 5.39. The van der Waals surface area contributed by atoms with E-state index >= 15 is 0 Å². The highest BCUT2D eigenvalue weighted by atomic mass is 32.1. The van der Waals surface area contributed by atoms with E-state index in [0.717, 1.165) is 28.0 Å². The van der Waals surface area contributed by atoms with E-state index in [4.69, 9.17) is 4.74 Å². The molecule has 0 spiro atoms. The molecule has 0 saturated carbocycles. The Bertz CT molecular complexity index is 1050. The fourth-order valence-electron chi connectivity index (χ4n) is 3.42. The molecule has 3 aromatic rings. The second-order valence-corrected chi connectivity index (χ2v) is 9.92. The zero-order valence-corrected chi connectivity index (χ0v) is 20.8. The van der Waals surface area contributed by atoms with Crippen LogP contribution in [0.4, 0.5) is 4.79 Å². The molecule has 2 amide bonds. The number of aromatic nitrogens is 2. The number of benzene rings is 1. The first-order valence-corrected chi connectivity index (χ1v) is 12.7. The number of amides is 2. The van der Waals surface area contributed by atoms with Crippen LogP contribution < -0.4 is 5.32 Å². The van der Waals surface area contributed by atoms with Gasteiger partial charge in [-0.25, -0.2) is 9.78 Å². The van der Waals surface area contributed by atoms with Crippen LogP contribution in [0.3, 0.4) is 0 Å². The molecule has 10 heteroatoms. The molecule has 0 bridgehead atoms. The number of hydrogen-bond donors (Lipinski definition) is 1. The molecule has 1 aromatic carbocycles. The topological polar surface area (TPSA) is 101 Å². The maximum absolute atomic E-state index is 13.5. The maximum atomic E-state index is 13.5. The molecule has 8 nitrogen and oxygen atoms in total. The monoisotopic (exact) mass is 500 g/mol. The highest BCUT2D eigenvalue weighted by Crippen LogP contribution is 2.15. The molecule has 0 fully saturated rings. The summed E-state index contributed by atoms with van der Waals surface area (Å²) in [7, 11) is 0. The fraction of sp³-hybridized carbons (Fsp3) is 0.375. The fourth-order valence-corrected chi connectivity index (χ4v) is 4.61. The lowest BCUT2D eigenvalue weighted by Gasteiger charge is -2.28. The van der Waals surface area contributed by atoms with Gasteiger partial charge in [-0.15, -0.1) is 22.7 Å². The lowest BCUT2D eigenvalue weighted by atomic mass is 10.1. The summed E-state index contributed by atoms with van der Waals surface area (Å²) >= 11 is 2.92. The maximum Gasteiger partial charge on any atom is 0.408 e. The number of ether oxygens (including phenoxy) is 1. The molecule has 0 aliphatic heterocycles. The van der Waals surface area contributed by atoms with E-state index in [-0.39, 0.29) is 24.9 Å². The van der Waals surface area contributed by atoms with Gasteiger partial charge in [0.2, 0.25) is 5.91 Å². The zero-order chi connectivity index (χ0) is 24.3. The van der Waals surface area contributed by atoms with Crippen molar-refractivity contribution in [3.8, 4) is 0 Å². The van der Waals surface area contributed by atoms with E-state index in [0.29, 0.717) is 19.5 Å². The van der Waals surface area contributed by atoms with E-state index in [9.17, 15) is 14.4 Å². The Labute approximate surface area is 207 Å². The van der Waals surface area contributed by atoms with Crippen molar-refractivity contribution in [2.45, 2.75) is 45.9 Å². The lowest BCUT2D eigenvalue weighted by Crippen LogP contribution is -2.50. The first-order valence-electron chi connectivity index (χ1n) is 10.9. The van der Waals surface area contributed by atoms with E-state index in [1.54, 1.807) is 22.1 Å². The Morgan fingerprint density at radius 1 is 1.24 bits per heavy atom. The van der Waals surface area contributed by atoms with Crippen molar-refractivity contribution < 1.29 is 19.1 Å². The number of alkyl carbamates (subject to hydrolysis) is 1. The van der Waals surface area contributed by atoms with E-state index in [1.165, 1.54) is 22.7 Å². The third-order valence-electron chi connectivity index (χ3n) is 4.89. The van der Waals surface area contributed by atoms with E-state index < -0.39 is 12.1 Å². The Hall–Kier alpha value is -3.11. The first kappa shape index (κ1) is 25.5. The second-order valence-electron chi connectivity index (χ2n) is 8.23. The van der Waals surface area contributed by atoms with Crippen LogP contribution in [0.2, 0.25) is 0 Å². The first-order chi connectivity index (χ1) is 16.4. The Morgan fingerprint density at radius 2 is 2.06 bits per heavy atom. The molecule has 180 valence electrons. The summed E-state index contributed by atoms with van der Waals surface area (Å²) in [6, 6.07) is 6.47. The molecule has 34 heavy (non-hydrogen) atoms. The third kappa shape index (κ3) is 8.03. The quantitative estimate of drug-likeness (QED) is 0.379. The van der Waals surface area contributed by atoms with Crippen molar-refractivity contribution in [2.75, 3.05) is 6.54 Å². The van der Waals surface area contributed by atoms with Crippen LogP contribution in [0, 0.1) is 5.92 Å². The Morgan fingerprint density at radius 3 is 2.74 bits per heavy atom. The van der Waals surface area contributed by atoms with Gasteiger partial charge in [-0.1, -0.05) is 38.1 Å². The minimum absolute atomic E-state index is 0.0344. The van der Waals surface area contributed by atoms with Crippen LogP contribution >= 0.6 is 22.7 Å². The van der Waals surface area contributed by atoms with Gasteiger partial charge in [-0.3, -0.25) is 9.78 Å². The van der Waals surface area contributed by atoms with Gasteiger partial charge in [0.1, 0.15) is 18.9 Å². The number of hydrogen-bond acceptors (Lipinski definition) is 8. The molecule has 0 saturated heterocycles. The van der Waals surface area contributed by atoms with Crippen LogP contribution in [-0.4, -0.2) is 45.7 Å². The summed E-state index contributed by atoms with van der Waals surface area (Å²) in [6.07, 6.45) is 2.47. The Kier molecular flexibility index (Phi) is 9.72. The predicted octanol–water partition coefficient (Wildman–Crippen LogP) is 3.86. The molecule has 0 radical (unpaired) electrons. The molecule has 0 unspecified atom stereocenters. The Balaban J connectivity index is 1.69. The third-order valence-corrected chi connectivity index (χ3v) is 6.29. The normalized spacial score (nSPS) is 11.7. The van der Waals surface area contributed by atoms with Gasteiger partial charge in [0.25, 0.3) is 0 Å². The van der Waals surface area contributed by atoms with E-state index in [1.807, 2.05) is 43.5 Å². The predicted molar refractivity (Wildman–Crippen MR) is 132 cm³/mol. The summed E-state index contributed by atoms with van der Waals surface area (Å²) in [4.78, 5) is 48.0. The summed E-state index contributed by atoms with van der Waals surface area (Å²) in [5.74, 6) is 0.0578. The summed E-state index contributed by atoms with van der Waals surface area (Å²) in [5, 5.41) is 4.61. The van der Waals surface area contributed by atoms with Gasteiger partial charge >= 0.3 is 6.09 Å². The number of nitrogens with one attached hydrogen (secondary N) is 1. The molecular formula is C24H28N4O4S2. The number of aldehydes is 1. The SMILES string of the molecule is CC(C)CN(Cc1cncs1)C(=O)[C@H](Cc1cscn1)NC(=O)OCc1cccc(CC=O)c1. The molecule has 3 rings (SSSR count). The average molecular weight is 501 g/mol. The van der Waals surface area contributed by atoms with Crippen molar-refractivity contribution in [1.82, 2.24) is 20.2 Å². The molecule has 1 N–H and O–H groups in total. The van der Waals surface area contributed by atoms with Gasteiger partial charge in [-0.2, -0.15) is 0 Å². The minimum Gasteiger partial charge on any atom is -0.445 e. The van der Waals surface area contributed by atoms with Crippen LogP contribution in [0.1, 0.15) is 35.5 Å². The molecule has 1 atom stereocenters. The van der Waals surface area contributed by atoms with Crippen LogP contribution in [0.15, 0.2) is 46.9 Å². The van der Waals surface area contributed by atoms with Crippen molar-refractivity contribution >= 4 is 41.0 Å². The smallest absolute Gasteiger partial charge is 0.408 e. The summed E-state index contributed by atoms with van der Waals surface area (Å²) in [5.41, 5.74) is 5.78. The molecular weight excluding hydrogens is 472 g/mol. The van der Waals surface area contributed by atoms with Crippen molar-refractivity contribution in [1.29, 1.82) is 0 Å². The molecule has 0 aliphatic rings. The zero-order valence-electron chi connectivity index (χ0n) is 19.2. The highest BCUT2D eigenvalue weighted by molar-refractivity contribution is 7.09. The number of rotatable bonds is 12. The average Bonchev–Trinajstić information content (AvgIpc) is 3.51. The van der Waals surface area contributed by atoms with Gasteiger partial charge in [-0.05, 0) is 17.0 Å². The van der Waals surface area contributed by atoms with Crippen LogP contribution in [-0.2, 0) is 40.3 Å². The summed E-state index contributed by atoms with van der Waals surface area (Å²) in [6.45, 7) is 5.10. The van der Waals surface area contributed by atoms with Crippen LogP contribution in [0.25, 0.3) is 0 Å². The van der Waals surface area contributed by atoms with Gasteiger partial charge < -0.3 is 19.7 Å². The van der Waals surface area contributed by atoms with Gasteiger partial charge in [0.15, 0.2) is 0 Å². The highest BCUT2D eigenvalue weighted by Gasteiger charge is 2.28. The lowest BCUT2D eigenvalue weighted by molar-refractivity contribution is -0.134. The largest absolute Gasteiger partial charge is 0.445 e. The number of carbonyl (C=O) groups excluding carboxylic acids is 3. The van der Waals surface area contributed by atoms with Crippen molar-refractivity contribution in [3.63, 3.8) is 0 Å². The number of nitrogens with zero attached hydrogens (tertiary/aromatic N) is 3. The van der Waals surface area contributed by atoms with E-state index in [2.05, 4.69) is 15.3 Å².